The van der Waals surface area contributed by atoms with Crippen molar-refractivity contribution in [3.8, 4) is 11.4 Å². The molecule has 0 saturated heterocycles. The first kappa shape index (κ1) is 35.8. The summed E-state index contributed by atoms with van der Waals surface area (Å²) in [7, 11) is 0. The van der Waals surface area contributed by atoms with Gasteiger partial charge in [0.25, 0.3) is 0 Å². The molecule has 0 atom stereocenters. The third-order valence-corrected chi connectivity index (χ3v) is 15.7. The molecule has 9 aromatic carbocycles. The van der Waals surface area contributed by atoms with Crippen molar-refractivity contribution >= 4 is 130 Å². The summed E-state index contributed by atoms with van der Waals surface area (Å²) >= 11 is 3.80. The number of hydrogen-bond donors (Lipinski definition) is 0. The van der Waals surface area contributed by atoms with Crippen LogP contribution in [0.25, 0.3) is 95.3 Å². The molecule has 0 spiro atoms. The van der Waals surface area contributed by atoms with Gasteiger partial charge >= 0.3 is 0 Å². The van der Waals surface area contributed by atoms with Crippen molar-refractivity contribution < 1.29 is 0 Å². The number of fused-ring (bicyclic) bond motifs is 14. The van der Waals surface area contributed by atoms with Gasteiger partial charge in [-0.1, -0.05) is 167 Å². The lowest BCUT2D eigenvalue weighted by molar-refractivity contribution is 1.19. The SMILES string of the molecule is Cc1cc(C)c(B(c2ccc(-n3c4ccccc4c4ccc5c6ccccc6sc5c43)cc2)c2ccc(-n3c4ccccc4c4ccc5c6ccccc6sc5c43)cc2)c(C)c1. The maximum Gasteiger partial charge on any atom is 0.241 e. The van der Waals surface area contributed by atoms with Crippen LogP contribution >= 0.6 is 22.7 Å². The van der Waals surface area contributed by atoms with E-state index in [1.165, 1.54) is 128 Å². The Morgan fingerprint density at radius 3 is 1.21 bits per heavy atom. The monoisotopic (exact) mass is 826 g/mol. The molecular weight excluding hydrogens is 788 g/mol. The standard InChI is InChI=1S/C57H39BN2S2/c1-34-32-35(2)53(36(3)33-34)58(37-20-24-39(25-21-37)59-49-16-8-4-12-41(49)45-28-30-47-43-14-6-10-18-51(43)61-56(47)54(45)59)38-22-26-40(27-23-38)60-50-17-9-5-13-42(50)46-29-31-48-44-15-7-11-19-52(44)62-57(48)55(46)60/h4-33H,1-3H3. The highest BCUT2D eigenvalue weighted by molar-refractivity contribution is 7.27. The minimum atomic E-state index is 0.0543. The van der Waals surface area contributed by atoms with Gasteiger partial charge in [-0.15, -0.1) is 22.7 Å². The lowest BCUT2D eigenvalue weighted by atomic mass is 9.35. The summed E-state index contributed by atoms with van der Waals surface area (Å²) in [4.78, 5) is 0. The molecule has 292 valence electrons. The molecule has 4 aromatic heterocycles. The molecule has 0 amide bonds. The van der Waals surface area contributed by atoms with Crippen molar-refractivity contribution in [1.82, 2.24) is 9.13 Å². The van der Waals surface area contributed by atoms with Gasteiger partial charge in [0.15, 0.2) is 0 Å². The molecule has 13 aromatic rings. The third-order valence-electron chi connectivity index (χ3n) is 13.4. The lowest BCUT2D eigenvalue weighted by Gasteiger charge is -2.22. The molecule has 0 aliphatic rings. The Hall–Kier alpha value is -6.92. The van der Waals surface area contributed by atoms with E-state index in [1.807, 2.05) is 22.7 Å². The van der Waals surface area contributed by atoms with Crippen molar-refractivity contribution in [3.05, 3.63) is 199 Å². The first-order valence-corrected chi connectivity index (χ1v) is 23.1. The predicted molar refractivity (Wildman–Crippen MR) is 273 cm³/mol. The van der Waals surface area contributed by atoms with Gasteiger partial charge in [0.05, 0.1) is 31.5 Å². The highest BCUT2D eigenvalue weighted by Gasteiger charge is 2.27. The first-order chi connectivity index (χ1) is 30.5. The van der Waals surface area contributed by atoms with Gasteiger partial charge in [0.2, 0.25) is 6.71 Å². The number of aromatic nitrogens is 2. The van der Waals surface area contributed by atoms with Gasteiger partial charge in [0, 0.05) is 63.9 Å². The van der Waals surface area contributed by atoms with Crippen LogP contribution < -0.4 is 16.4 Å². The van der Waals surface area contributed by atoms with Crippen LogP contribution in [0.4, 0.5) is 0 Å². The highest BCUT2D eigenvalue weighted by atomic mass is 32.1. The molecule has 0 saturated carbocycles. The minimum Gasteiger partial charge on any atom is -0.308 e. The van der Waals surface area contributed by atoms with E-state index < -0.39 is 0 Å². The fourth-order valence-corrected chi connectivity index (χ4v) is 13.3. The summed E-state index contributed by atoms with van der Waals surface area (Å²) in [5, 5.41) is 10.4. The van der Waals surface area contributed by atoms with E-state index >= 15 is 0 Å². The highest BCUT2D eigenvalue weighted by Crippen LogP contribution is 2.44. The Balaban J connectivity index is 0.985. The predicted octanol–water partition coefficient (Wildman–Crippen LogP) is 14.1. The maximum absolute atomic E-state index is 2.50. The molecule has 2 nitrogen and oxygen atoms in total. The Kier molecular flexibility index (Phi) is 7.82. The molecule has 0 unspecified atom stereocenters. The normalized spacial score (nSPS) is 12.1. The summed E-state index contributed by atoms with van der Waals surface area (Å²) in [6.45, 7) is 6.83. The van der Waals surface area contributed by atoms with E-state index in [9.17, 15) is 0 Å². The molecule has 13 rings (SSSR count). The summed E-state index contributed by atoms with van der Waals surface area (Å²) in [5.74, 6) is 0. The molecule has 0 aliphatic heterocycles. The molecule has 0 radical (unpaired) electrons. The van der Waals surface area contributed by atoms with Crippen LogP contribution in [-0.2, 0) is 0 Å². The van der Waals surface area contributed by atoms with Gasteiger partial charge in [-0.25, -0.2) is 0 Å². The third kappa shape index (κ3) is 5.16. The summed E-state index contributed by atoms with van der Waals surface area (Å²) in [5.41, 5.74) is 15.3. The van der Waals surface area contributed by atoms with Gasteiger partial charge < -0.3 is 9.13 Å². The molecule has 0 fully saturated rings. The molecular formula is C57H39BN2S2. The van der Waals surface area contributed by atoms with Crippen LogP contribution in [0.1, 0.15) is 16.7 Å². The fraction of sp³-hybridized carbons (Fsp3) is 0.0526. The Bertz CT molecular complexity index is 3700. The Labute approximate surface area is 367 Å². The smallest absolute Gasteiger partial charge is 0.241 e. The zero-order valence-electron chi connectivity index (χ0n) is 34.6. The second-order valence-electron chi connectivity index (χ2n) is 17.0. The number of hydrogen-bond acceptors (Lipinski definition) is 2. The van der Waals surface area contributed by atoms with E-state index in [1.54, 1.807) is 0 Å². The van der Waals surface area contributed by atoms with Crippen LogP contribution in [0.3, 0.4) is 0 Å². The molecule has 4 heterocycles. The molecule has 0 bridgehead atoms. The largest absolute Gasteiger partial charge is 0.308 e. The number of rotatable bonds is 5. The van der Waals surface area contributed by atoms with Gasteiger partial charge in [-0.2, -0.15) is 0 Å². The van der Waals surface area contributed by atoms with E-state index in [0.29, 0.717) is 0 Å². The number of benzene rings is 9. The van der Waals surface area contributed by atoms with Crippen molar-refractivity contribution in [2.75, 3.05) is 0 Å². The van der Waals surface area contributed by atoms with E-state index in [0.717, 1.165) is 0 Å². The number of thiophene rings is 2. The van der Waals surface area contributed by atoms with Crippen molar-refractivity contribution in [2.24, 2.45) is 0 Å². The minimum absolute atomic E-state index is 0.0543. The van der Waals surface area contributed by atoms with E-state index in [2.05, 4.69) is 212 Å². The summed E-state index contributed by atoms with van der Waals surface area (Å²) in [6.07, 6.45) is 0. The van der Waals surface area contributed by atoms with Crippen molar-refractivity contribution in [1.29, 1.82) is 0 Å². The topological polar surface area (TPSA) is 9.86 Å². The second kappa shape index (κ2) is 13.5. The average Bonchev–Trinajstić information content (AvgIpc) is 4.06. The maximum atomic E-state index is 2.50. The van der Waals surface area contributed by atoms with Crippen molar-refractivity contribution in [2.45, 2.75) is 20.8 Å². The van der Waals surface area contributed by atoms with Gasteiger partial charge in [0.1, 0.15) is 0 Å². The van der Waals surface area contributed by atoms with Crippen LogP contribution in [0.15, 0.2) is 182 Å². The van der Waals surface area contributed by atoms with Crippen LogP contribution in [-0.4, -0.2) is 15.8 Å². The quantitative estimate of drug-likeness (QED) is 0.153. The van der Waals surface area contributed by atoms with Crippen molar-refractivity contribution in [3.63, 3.8) is 0 Å². The molecule has 0 N–H and O–H groups in total. The van der Waals surface area contributed by atoms with E-state index in [-0.39, 0.29) is 6.71 Å². The number of para-hydroxylation sites is 2. The van der Waals surface area contributed by atoms with Crippen LogP contribution in [0.2, 0.25) is 0 Å². The van der Waals surface area contributed by atoms with Crippen LogP contribution in [0, 0.1) is 20.8 Å². The fourth-order valence-electron chi connectivity index (χ4n) is 10.8. The second-order valence-corrected chi connectivity index (χ2v) is 19.1. The van der Waals surface area contributed by atoms with E-state index in [4.69, 9.17) is 0 Å². The van der Waals surface area contributed by atoms with Gasteiger partial charge in [-0.05, 0) is 69.3 Å². The summed E-state index contributed by atoms with van der Waals surface area (Å²) in [6, 6.07) is 68.3. The molecule has 0 aliphatic carbocycles. The molecule has 62 heavy (non-hydrogen) atoms. The Morgan fingerprint density at radius 1 is 0.371 bits per heavy atom. The zero-order chi connectivity index (χ0) is 41.2. The van der Waals surface area contributed by atoms with Crippen LogP contribution in [0.5, 0.6) is 0 Å². The lowest BCUT2D eigenvalue weighted by Crippen LogP contribution is -2.54. The zero-order valence-corrected chi connectivity index (χ0v) is 36.2. The molecule has 5 heteroatoms. The number of nitrogens with zero attached hydrogens (tertiary/aromatic N) is 2. The number of aryl methyl sites for hydroxylation is 3. The first-order valence-electron chi connectivity index (χ1n) is 21.5. The van der Waals surface area contributed by atoms with Gasteiger partial charge in [-0.3, -0.25) is 0 Å². The average molecular weight is 827 g/mol. The Morgan fingerprint density at radius 2 is 0.758 bits per heavy atom. The summed E-state index contributed by atoms with van der Waals surface area (Å²) < 4.78 is 10.3.